The number of aromatic nitrogens is 1. The fourth-order valence-electron chi connectivity index (χ4n) is 1.53. The van der Waals surface area contributed by atoms with Gasteiger partial charge in [-0.15, -0.1) is 0 Å². The number of urea groups is 1. The van der Waals surface area contributed by atoms with Gasteiger partial charge < -0.3 is 5.73 Å². The van der Waals surface area contributed by atoms with Gasteiger partial charge in [-0.1, -0.05) is 11.6 Å². The summed E-state index contributed by atoms with van der Waals surface area (Å²) in [6.45, 7) is 0.296. The van der Waals surface area contributed by atoms with Crippen molar-refractivity contribution < 1.29 is 9.59 Å². The molecule has 0 saturated carbocycles. The first-order valence-electron chi connectivity index (χ1n) is 4.36. The molecule has 0 radical (unpaired) electrons. The number of halogens is 1. The molecule has 2 rings (SSSR count). The van der Waals surface area contributed by atoms with Crippen molar-refractivity contribution in [2.75, 3.05) is 11.4 Å². The summed E-state index contributed by atoms with van der Waals surface area (Å²) in [7, 11) is 0. The Bertz CT molecular complexity index is 447. The lowest BCUT2D eigenvalue weighted by Crippen LogP contribution is -2.41. The lowest BCUT2D eigenvalue weighted by Gasteiger charge is -2.26. The van der Waals surface area contributed by atoms with Crippen LogP contribution in [0, 0.1) is 0 Å². The average molecular weight is 226 g/mol. The number of hydrogen-bond acceptors (Lipinski definition) is 3. The molecule has 0 saturated heterocycles. The molecule has 2 amide bonds. The molecule has 0 aromatic carbocycles. The van der Waals surface area contributed by atoms with Crippen molar-refractivity contribution in [2.24, 2.45) is 5.73 Å². The van der Waals surface area contributed by atoms with Crippen molar-refractivity contribution in [1.82, 2.24) is 4.98 Å². The number of rotatable bonds is 0. The number of pyridine rings is 1. The van der Waals surface area contributed by atoms with Gasteiger partial charge in [0.25, 0.3) is 0 Å². The van der Waals surface area contributed by atoms with Gasteiger partial charge in [0.05, 0.1) is 5.69 Å². The molecule has 0 fully saturated rings. The Morgan fingerprint density at radius 1 is 1.53 bits per heavy atom. The predicted molar refractivity (Wildman–Crippen MR) is 55.1 cm³/mol. The molecule has 1 aliphatic heterocycles. The van der Waals surface area contributed by atoms with E-state index in [9.17, 15) is 9.59 Å². The molecule has 0 aliphatic carbocycles. The first-order valence-corrected chi connectivity index (χ1v) is 4.74. The third-order valence-corrected chi connectivity index (χ3v) is 2.43. The second kappa shape index (κ2) is 3.51. The maximum atomic E-state index is 11.5. The molecule has 2 heterocycles. The van der Waals surface area contributed by atoms with Crippen LogP contribution in [0.4, 0.5) is 10.5 Å². The molecule has 2 N–H and O–H groups in total. The van der Waals surface area contributed by atoms with Crippen LogP contribution >= 0.6 is 11.6 Å². The minimum Gasteiger partial charge on any atom is -0.351 e. The highest BCUT2D eigenvalue weighted by atomic mass is 35.5. The molecule has 1 aromatic rings. The van der Waals surface area contributed by atoms with Crippen molar-refractivity contribution in [3.63, 3.8) is 0 Å². The molecular formula is C9H8ClN3O2. The van der Waals surface area contributed by atoms with Crippen molar-refractivity contribution in [2.45, 2.75) is 6.42 Å². The first kappa shape index (κ1) is 9.92. The summed E-state index contributed by atoms with van der Waals surface area (Å²) in [6.07, 6.45) is 0.225. The minimum absolute atomic E-state index is 0.120. The van der Waals surface area contributed by atoms with Crippen LogP contribution in [-0.2, 0) is 0 Å². The number of carbonyl (C=O) groups is 2. The zero-order chi connectivity index (χ0) is 11.0. The lowest BCUT2D eigenvalue weighted by molar-refractivity contribution is 0.0976. The number of ketones is 1. The van der Waals surface area contributed by atoms with Crippen LogP contribution in [0.25, 0.3) is 0 Å². The van der Waals surface area contributed by atoms with Gasteiger partial charge in [0.2, 0.25) is 0 Å². The quantitative estimate of drug-likeness (QED) is 0.674. The van der Waals surface area contributed by atoms with Gasteiger partial charge >= 0.3 is 6.03 Å². The Morgan fingerprint density at radius 2 is 2.27 bits per heavy atom. The van der Waals surface area contributed by atoms with Crippen molar-refractivity contribution >= 4 is 29.1 Å². The number of amides is 2. The van der Waals surface area contributed by atoms with E-state index >= 15 is 0 Å². The number of hydrogen-bond donors (Lipinski definition) is 1. The van der Waals surface area contributed by atoms with Gasteiger partial charge in [-0.3, -0.25) is 9.69 Å². The normalized spacial score (nSPS) is 15.0. The average Bonchev–Trinajstić information content (AvgIpc) is 2.19. The van der Waals surface area contributed by atoms with E-state index in [-0.39, 0.29) is 23.1 Å². The van der Waals surface area contributed by atoms with Crippen LogP contribution < -0.4 is 10.6 Å². The number of nitrogens with two attached hydrogens (primary N) is 1. The Morgan fingerprint density at radius 3 is 2.93 bits per heavy atom. The van der Waals surface area contributed by atoms with Crippen LogP contribution in [0.5, 0.6) is 0 Å². The van der Waals surface area contributed by atoms with E-state index in [0.29, 0.717) is 12.2 Å². The standard InChI is InChI=1S/C9H8ClN3O2/c10-7-2-1-5-8(12-7)6(14)3-4-13(5)9(11)15/h1-2H,3-4H2,(H2,11,15). The number of anilines is 1. The van der Waals surface area contributed by atoms with Crippen molar-refractivity contribution in [1.29, 1.82) is 0 Å². The van der Waals surface area contributed by atoms with E-state index in [2.05, 4.69) is 4.98 Å². The van der Waals surface area contributed by atoms with Gasteiger partial charge in [-0.25, -0.2) is 9.78 Å². The molecule has 1 aromatic heterocycles. The summed E-state index contributed by atoms with van der Waals surface area (Å²) in [5.74, 6) is -0.120. The van der Waals surface area contributed by atoms with E-state index in [0.717, 1.165) is 0 Å². The molecule has 5 nitrogen and oxygen atoms in total. The zero-order valence-electron chi connectivity index (χ0n) is 7.74. The Hall–Kier alpha value is -1.62. The fraction of sp³-hybridized carbons (Fsp3) is 0.222. The van der Waals surface area contributed by atoms with Crippen molar-refractivity contribution in [3.05, 3.63) is 23.0 Å². The minimum atomic E-state index is -0.590. The van der Waals surface area contributed by atoms with E-state index in [1.165, 1.54) is 11.0 Å². The molecule has 1 aliphatic rings. The summed E-state index contributed by atoms with van der Waals surface area (Å²) in [6, 6.07) is 2.51. The number of primary amides is 1. The van der Waals surface area contributed by atoms with Crippen LogP contribution in [0.2, 0.25) is 5.15 Å². The second-order valence-electron chi connectivity index (χ2n) is 3.16. The zero-order valence-corrected chi connectivity index (χ0v) is 8.49. The fourth-order valence-corrected chi connectivity index (χ4v) is 1.68. The molecule has 6 heteroatoms. The van der Waals surface area contributed by atoms with Crippen LogP contribution in [0.15, 0.2) is 12.1 Å². The summed E-state index contributed by atoms with van der Waals surface area (Å²) < 4.78 is 0. The Labute approximate surface area is 90.8 Å². The third kappa shape index (κ3) is 1.66. The third-order valence-electron chi connectivity index (χ3n) is 2.22. The monoisotopic (exact) mass is 225 g/mol. The van der Waals surface area contributed by atoms with Gasteiger partial charge in [-0.2, -0.15) is 0 Å². The van der Waals surface area contributed by atoms with Crippen LogP contribution in [0.1, 0.15) is 16.9 Å². The number of nitrogens with zero attached hydrogens (tertiary/aromatic N) is 2. The summed E-state index contributed by atoms with van der Waals surface area (Å²) in [4.78, 5) is 27.8. The van der Waals surface area contributed by atoms with Crippen LogP contribution in [-0.4, -0.2) is 23.3 Å². The molecule has 0 spiro atoms. The molecule has 0 unspecified atom stereocenters. The van der Waals surface area contributed by atoms with E-state index < -0.39 is 6.03 Å². The predicted octanol–water partition coefficient (Wildman–Crippen LogP) is 1.21. The van der Waals surface area contributed by atoms with Gasteiger partial charge in [0.1, 0.15) is 10.8 Å². The largest absolute Gasteiger partial charge is 0.351 e. The molecule has 0 bridgehead atoms. The molecular weight excluding hydrogens is 218 g/mol. The molecule has 15 heavy (non-hydrogen) atoms. The SMILES string of the molecule is NC(=O)N1CCC(=O)c2nc(Cl)ccc21. The topological polar surface area (TPSA) is 76.3 Å². The molecule has 0 atom stereocenters. The highest BCUT2D eigenvalue weighted by Crippen LogP contribution is 2.26. The summed E-state index contributed by atoms with van der Waals surface area (Å²) >= 11 is 5.67. The van der Waals surface area contributed by atoms with Crippen LogP contribution in [0.3, 0.4) is 0 Å². The van der Waals surface area contributed by atoms with Crippen molar-refractivity contribution in [3.8, 4) is 0 Å². The molecule has 78 valence electrons. The number of carbonyl (C=O) groups excluding carboxylic acids is 2. The Kier molecular flexibility index (Phi) is 2.32. The highest BCUT2D eigenvalue weighted by Gasteiger charge is 2.27. The van der Waals surface area contributed by atoms with Gasteiger partial charge in [0, 0.05) is 13.0 Å². The lowest BCUT2D eigenvalue weighted by atomic mass is 10.1. The summed E-state index contributed by atoms with van der Waals surface area (Å²) in [5, 5.41) is 0.230. The van der Waals surface area contributed by atoms with Gasteiger partial charge in [-0.05, 0) is 12.1 Å². The first-order chi connectivity index (χ1) is 7.09. The van der Waals surface area contributed by atoms with E-state index in [1.54, 1.807) is 6.07 Å². The maximum Gasteiger partial charge on any atom is 0.319 e. The smallest absolute Gasteiger partial charge is 0.319 e. The number of Topliss-reactive ketones (excluding diaryl/α,β-unsaturated/α-hetero) is 1. The number of fused-ring (bicyclic) bond motifs is 1. The second-order valence-corrected chi connectivity index (χ2v) is 3.55. The van der Waals surface area contributed by atoms with E-state index in [1.807, 2.05) is 0 Å². The summed E-state index contributed by atoms with van der Waals surface area (Å²) in [5.41, 5.74) is 5.83. The Balaban J connectivity index is 2.55. The van der Waals surface area contributed by atoms with Gasteiger partial charge in [0.15, 0.2) is 5.78 Å². The van der Waals surface area contributed by atoms with E-state index in [4.69, 9.17) is 17.3 Å². The highest BCUT2D eigenvalue weighted by molar-refractivity contribution is 6.29. The maximum absolute atomic E-state index is 11.5.